The Kier molecular flexibility index (Phi) is 7.43. The number of carbonyl (C=O) groups is 1. The van der Waals surface area contributed by atoms with Crippen molar-refractivity contribution in [2.75, 3.05) is 51.3 Å². The molecule has 31 heavy (non-hydrogen) atoms. The van der Waals surface area contributed by atoms with E-state index in [-0.39, 0.29) is 28.8 Å². The molecule has 0 unspecified atom stereocenters. The van der Waals surface area contributed by atoms with Crippen LogP contribution >= 0.6 is 0 Å². The van der Waals surface area contributed by atoms with Crippen LogP contribution in [-0.4, -0.2) is 77.7 Å². The molecule has 0 saturated carbocycles. The van der Waals surface area contributed by atoms with E-state index in [9.17, 15) is 13.2 Å². The first-order valence-corrected chi connectivity index (χ1v) is 12.5. The highest BCUT2D eigenvalue weighted by Gasteiger charge is 2.40. The van der Waals surface area contributed by atoms with Crippen molar-refractivity contribution in [3.05, 3.63) is 23.8 Å². The highest BCUT2D eigenvalue weighted by Crippen LogP contribution is 2.41. The molecule has 1 fully saturated rings. The maximum atomic E-state index is 13.4. The van der Waals surface area contributed by atoms with Gasteiger partial charge in [0, 0.05) is 56.5 Å². The van der Waals surface area contributed by atoms with E-state index in [0.717, 1.165) is 18.7 Å². The Morgan fingerprint density at radius 2 is 2.10 bits per heavy atom. The number of hydrogen-bond donors (Lipinski definition) is 2. The van der Waals surface area contributed by atoms with Crippen LogP contribution < -0.4 is 14.9 Å². The number of fused-ring (bicyclic) bond motifs is 1. The molecular formula is C22H36N4O4S. The van der Waals surface area contributed by atoms with E-state index < -0.39 is 10.0 Å². The van der Waals surface area contributed by atoms with Crippen molar-refractivity contribution in [1.29, 1.82) is 0 Å². The predicted octanol–water partition coefficient (Wildman–Crippen LogP) is 1.31. The van der Waals surface area contributed by atoms with Crippen molar-refractivity contribution >= 4 is 21.6 Å². The molecule has 0 aliphatic carbocycles. The molecule has 1 aromatic rings. The second-order valence-corrected chi connectivity index (χ2v) is 11.1. The number of carbonyl (C=O) groups excluding carboxylic acids is 1. The highest BCUT2D eigenvalue weighted by molar-refractivity contribution is 7.89. The van der Waals surface area contributed by atoms with Crippen LogP contribution in [0.1, 0.15) is 39.7 Å². The quantitative estimate of drug-likeness (QED) is 0.618. The van der Waals surface area contributed by atoms with Crippen LogP contribution in [0, 0.1) is 0 Å². The molecule has 0 spiro atoms. The lowest BCUT2D eigenvalue weighted by Crippen LogP contribution is -2.59. The number of hydrogen-bond acceptors (Lipinski definition) is 6. The second-order valence-electron chi connectivity index (χ2n) is 9.29. The molecule has 2 N–H and O–H groups in total. The van der Waals surface area contributed by atoms with Gasteiger partial charge < -0.3 is 15.0 Å². The molecule has 0 bridgehead atoms. The molecule has 174 valence electrons. The standard InChI is InChI=1S/C22H36N4O4S/c1-6-9-24-31(28,29)18-7-8-19-20(10-18)26(15-22(19,3)4)21(27)13-25-12-16(2)23-11-17(25)14-30-5/h7-8,10,16-17,23-24H,6,9,11-15H2,1-5H3/t16-,17-/m1/s1. The van der Waals surface area contributed by atoms with Crippen molar-refractivity contribution in [2.24, 2.45) is 0 Å². The minimum atomic E-state index is -3.60. The second kappa shape index (κ2) is 9.54. The van der Waals surface area contributed by atoms with Gasteiger partial charge in [-0.1, -0.05) is 26.8 Å². The maximum Gasteiger partial charge on any atom is 0.241 e. The first-order chi connectivity index (χ1) is 14.6. The summed E-state index contributed by atoms with van der Waals surface area (Å²) in [7, 11) is -1.93. The summed E-state index contributed by atoms with van der Waals surface area (Å²) in [4.78, 5) is 17.5. The van der Waals surface area contributed by atoms with Gasteiger partial charge in [0.25, 0.3) is 0 Å². The van der Waals surface area contributed by atoms with Crippen LogP contribution in [0.25, 0.3) is 0 Å². The molecule has 2 aliphatic rings. The third-order valence-corrected chi connectivity index (χ3v) is 7.58. The van der Waals surface area contributed by atoms with Gasteiger partial charge in [-0.2, -0.15) is 0 Å². The summed E-state index contributed by atoms with van der Waals surface area (Å²) in [5.41, 5.74) is 1.45. The van der Waals surface area contributed by atoms with E-state index >= 15 is 0 Å². The molecule has 1 aromatic carbocycles. The van der Waals surface area contributed by atoms with Crippen molar-refractivity contribution < 1.29 is 17.9 Å². The normalized spacial score (nSPS) is 23.7. The van der Waals surface area contributed by atoms with Crippen molar-refractivity contribution in [3.63, 3.8) is 0 Å². The Morgan fingerprint density at radius 1 is 1.35 bits per heavy atom. The number of anilines is 1. The van der Waals surface area contributed by atoms with E-state index in [1.165, 1.54) is 0 Å². The van der Waals surface area contributed by atoms with Crippen LogP contribution in [0.3, 0.4) is 0 Å². The predicted molar refractivity (Wildman–Crippen MR) is 122 cm³/mol. The lowest BCUT2D eigenvalue weighted by molar-refractivity contribution is -0.121. The number of ether oxygens (including phenoxy) is 1. The Balaban J connectivity index is 1.86. The summed E-state index contributed by atoms with van der Waals surface area (Å²) in [6, 6.07) is 5.56. The van der Waals surface area contributed by atoms with E-state index in [1.807, 2.05) is 13.0 Å². The topological polar surface area (TPSA) is 91.0 Å². The van der Waals surface area contributed by atoms with Gasteiger partial charge in [-0.25, -0.2) is 13.1 Å². The fourth-order valence-corrected chi connectivity index (χ4v) is 5.58. The number of nitrogens with zero attached hydrogens (tertiary/aromatic N) is 2. The van der Waals surface area contributed by atoms with Crippen LogP contribution in [0.4, 0.5) is 5.69 Å². The maximum absolute atomic E-state index is 13.4. The zero-order valence-corrected chi connectivity index (χ0v) is 20.1. The largest absolute Gasteiger partial charge is 0.383 e. The smallest absolute Gasteiger partial charge is 0.241 e. The fourth-order valence-electron chi connectivity index (χ4n) is 4.42. The van der Waals surface area contributed by atoms with Crippen LogP contribution in [0.2, 0.25) is 0 Å². The van der Waals surface area contributed by atoms with Gasteiger partial charge in [0.05, 0.1) is 18.0 Å². The summed E-state index contributed by atoms with van der Waals surface area (Å²) >= 11 is 0. The molecule has 2 heterocycles. The fraction of sp³-hybridized carbons (Fsp3) is 0.682. The molecule has 1 amide bonds. The lowest BCUT2D eigenvalue weighted by atomic mass is 9.87. The van der Waals surface area contributed by atoms with Gasteiger partial charge in [0.1, 0.15) is 0 Å². The number of rotatable bonds is 8. The number of amides is 1. The molecule has 3 rings (SSSR count). The minimum Gasteiger partial charge on any atom is -0.383 e. The van der Waals surface area contributed by atoms with Crippen molar-refractivity contribution in [3.8, 4) is 0 Å². The number of benzene rings is 1. The molecular weight excluding hydrogens is 416 g/mol. The van der Waals surface area contributed by atoms with E-state index in [1.54, 1.807) is 24.1 Å². The summed E-state index contributed by atoms with van der Waals surface area (Å²) < 4.78 is 33.3. The molecule has 1 saturated heterocycles. The van der Waals surface area contributed by atoms with Crippen LogP contribution in [0.5, 0.6) is 0 Å². The molecule has 9 heteroatoms. The lowest BCUT2D eigenvalue weighted by Gasteiger charge is -2.39. The highest BCUT2D eigenvalue weighted by atomic mass is 32.2. The Labute approximate surface area is 186 Å². The minimum absolute atomic E-state index is 0.0157. The van der Waals surface area contributed by atoms with Crippen LogP contribution in [0.15, 0.2) is 23.1 Å². The first kappa shape index (κ1) is 24.1. The summed E-state index contributed by atoms with van der Waals surface area (Å²) in [6.07, 6.45) is 0.716. The Hall–Kier alpha value is -1.52. The van der Waals surface area contributed by atoms with Crippen LogP contribution in [-0.2, 0) is 25.0 Å². The van der Waals surface area contributed by atoms with E-state index in [2.05, 4.69) is 35.7 Å². The average Bonchev–Trinajstić information content (AvgIpc) is 2.99. The molecule has 2 atom stereocenters. The third kappa shape index (κ3) is 5.28. The first-order valence-electron chi connectivity index (χ1n) is 11.0. The van der Waals surface area contributed by atoms with Crippen molar-refractivity contribution in [2.45, 2.75) is 56.5 Å². The molecule has 0 aromatic heterocycles. The summed E-state index contributed by atoms with van der Waals surface area (Å²) in [6.45, 7) is 11.5. The van der Waals surface area contributed by atoms with Gasteiger partial charge in [-0.15, -0.1) is 0 Å². The van der Waals surface area contributed by atoms with Gasteiger partial charge in [0.2, 0.25) is 15.9 Å². The Morgan fingerprint density at radius 3 is 2.77 bits per heavy atom. The number of nitrogens with one attached hydrogen (secondary N) is 2. The number of sulfonamides is 1. The SMILES string of the molecule is CCCNS(=O)(=O)c1ccc2c(c1)N(C(=O)CN1C[C@@H](C)NC[C@@H]1COC)CC2(C)C. The molecule has 2 aliphatic heterocycles. The third-order valence-electron chi connectivity index (χ3n) is 6.12. The summed E-state index contributed by atoms with van der Waals surface area (Å²) in [5, 5.41) is 3.44. The van der Waals surface area contributed by atoms with Gasteiger partial charge in [-0.3, -0.25) is 9.69 Å². The van der Waals surface area contributed by atoms with Gasteiger partial charge in [-0.05, 0) is 31.0 Å². The zero-order chi connectivity index (χ0) is 22.8. The number of methoxy groups -OCH3 is 1. The Bertz CT molecular complexity index is 903. The summed E-state index contributed by atoms with van der Waals surface area (Å²) in [5.74, 6) is -0.0157. The van der Waals surface area contributed by atoms with Gasteiger partial charge >= 0.3 is 0 Å². The molecule has 8 nitrogen and oxygen atoms in total. The number of piperazine rings is 1. The monoisotopic (exact) mass is 452 g/mol. The molecule has 0 radical (unpaired) electrons. The zero-order valence-electron chi connectivity index (χ0n) is 19.3. The van der Waals surface area contributed by atoms with E-state index in [0.29, 0.717) is 37.8 Å². The average molecular weight is 453 g/mol. The van der Waals surface area contributed by atoms with Crippen molar-refractivity contribution in [1.82, 2.24) is 14.9 Å². The van der Waals surface area contributed by atoms with Gasteiger partial charge in [0.15, 0.2) is 0 Å². The van der Waals surface area contributed by atoms with E-state index in [4.69, 9.17) is 4.74 Å².